The highest BCUT2D eigenvalue weighted by Crippen LogP contribution is 2.49. The Balaban J connectivity index is 1.53. The van der Waals surface area contributed by atoms with Crippen molar-refractivity contribution in [2.24, 2.45) is 5.41 Å². The van der Waals surface area contributed by atoms with E-state index in [1.165, 1.54) is 57.1 Å². The molecule has 2 aliphatic carbocycles. The van der Waals surface area contributed by atoms with Crippen LogP contribution in [0.15, 0.2) is 24.3 Å². The van der Waals surface area contributed by atoms with E-state index < -0.39 is 0 Å². The van der Waals surface area contributed by atoms with Crippen molar-refractivity contribution < 1.29 is 5.11 Å². The number of aliphatic hydroxyl groups is 1. The van der Waals surface area contributed by atoms with E-state index >= 15 is 0 Å². The first-order chi connectivity index (χ1) is 9.30. The minimum Gasteiger partial charge on any atom is -0.392 e. The number of nitrogens with one attached hydrogen (secondary N) is 1. The zero-order valence-corrected chi connectivity index (χ0v) is 11.7. The van der Waals surface area contributed by atoms with Gasteiger partial charge >= 0.3 is 0 Å². The number of benzene rings is 1. The summed E-state index contributed by atoms with van der Waals surface area (Å²) >= 11 is 0. The molecule has 0 aliphatic heterocycles. The van der Waals surface area contributed by atoms with E-state index in [9.17, 15) is 0 Å². The fourth-order valence-corrected chi connectivity index (χ4v) is 3.94. The van der Waals surface area contributed by atoms with Gasteiger partial charge in [-0.3, -0.25) is 0 Å². The van der Waals surface area contributed by atoms with Crippen LogP contribution in [0.4, 0.5) is 5.69 Å². The Morgan fingerprint density at radius 3 is 2.21 bits per heavy atom. The highest BCUT2D eigenvalue weighted by Gasteiger charge is 2.37. The summed E-state index contributed by atoms with van der Waals surface area (Å²) in [4.78, 5) is 0. The van der Waals surface area contributed by atoms with Gasteiger partial charge in [-0.2, -0.15) is 0 Å². The minimum atomic E-state index is 0.131. The molecule has 1 aromatic rings. The fraction of sp³-hybridized carbons (Fsp3) is 0.647. The maximum atomic E-state index is 9.05. The Morgan fingerprint density at radius 1 is 1.00 bits per heavy atom. The van der Waals surface area contributed by atoms with Crippen LogP contribution in [0.3, 0.4) is 0 Å². The van der Waals surface area contributed by atoms with E-state index in [-0.39, 0.29) is 6.61 Å². The van der Waals surface area contributed by atoms with Crippen LogP contribution < -0.4 is 5.32 Å². The first kappa shape index (κ1) is 13.0. The summed E-state index contributed by atoms with van der Waals surface area (Å²) in [6.45, 7) is 0.131. The molecule has 0 radical (unpaired) electrons. The van der Waals surface area contributed by atoms with Crippen molar-refractivity contribution in [3.63, 3.8) is 0 Å². The van der Waals surface area contributed by atoms with Crippen LogP contribution in [-0.2, 0) is 6.61 Å². The molecular weight excluding hydrogens is 234 g/mol. The summed E-state index contributed by atoms with van der Waals surface area (Å²) in [7, 11) is 0. The molecule has 104 valence electrons. The SMILES string of the molecule is OCc1ccc(NC2CCC3(CCCC3)CC2)cc1. The highest BCUT2D eigenvalue weighted by molar-refractivity contribution is 5.45. The van der Waals surface area contributed by atoms with Crippen LogP contribution in [-0.4, -0.2) is 11.1 Å². The molecule has 1 aromatic carbocycles. The zero-order chi connectivity index (χ0) is 13.1. The van der Waals surface area contributed by atoms with Crippen molar-refractivity contribution in [1.82, 2.24) is 0 Å². The summed E-state index contributed by atoms with van der Waals surface area (Å²) in [5.74, 6) is 0. The molecule has 0 bridgehead atoms. The predicted molar refractivity (Wildman–Crippen MR) is 79.1 cm³/mol. The third-order valence-corrected chi connectivity index (χ3v) is 5.22. The summed E-state index contributed by atoms with van der Waals surface area (Å²) in [5.41, 5.74) is 2.91. The van der Waals surface area contributed by atoms with Gasteiger partial charge in [-0.05, 0) is 61.6 Å². The van der Waals surface area contributed by atoms with Crippen molar-refractivity contribution in [3.05, 3.63) is 29.8 Å². The van der Waals surface area contributed by atoms with E-state index in [0.29, 0.717) is 6.04 Å². The lowest BCUT2D eigenvalue weighted by atomic mass is 9.71. The van der Waals surface area contributed by atoms with Crippen LogP contribution in [0.25, 0.3) is 0 Å². The second kappa shape index (κ2) is 5.54. The molecule has 2 aliphatic rings. The molecule has 0 saturated heterocycles. The molecule has 2 heteroatoms. The Hall–Kier alpha value is -1.02. The molecule has 0 amide bonds. The maximum absolute atomic E-state index is 9.05. The van der Waals surface area contributed by atoms with Crippen LogP contribution >= 0.6 is 0 Å². The van der Waals surface area contributed by atoms with Gasteiger partial charge in [-0.1, -0.05) is 25.0 Å². The summed E-state index contributed by atoms with van der Waals surface area (Å²) in [6.07, 6.45) is 11.3. The van der Waals surface area contributed by atoms with Crippen molar-refractivity contribution in [2.45, 2.75) is 64.0 Å². The predicted octanol–water partition coefficient (Wildman–Crippen LogP) is 4.09. The molecule has 0 unspecified atom stereocenters. The summed E-state index contributed by atoms with van der Waals surface area (Å²) in [5, 5.41) is 12.7. The third kappa shape index (κ3) is 2.94. The van der Waals surface area contributed by atoms with Crippen molar-refractivity contribution in [2.75, 3.05) is 5.32 Å². The number of anilines is 1. The molecule has 0 atom stereocenters. The molecule has 0 aromatic heterocycles. The second-order valence-electron chi connectivity index (χ2n) is 6.48. The highest BCUT2D eigenvalue weighted by atomic mass is 16.3. The van der Waals surface area contributed by atoms with E-state index in [1.54, 1.807) is 0 Å². The lowest BCUT2D eigenvalue weighted by molar-refractivity contribution is 0.188. The van der Waals surface area contributed by atoms with Crippen molar-refractivity contribution >= 4 is 5.69 Å². The molecule has 2 N–H and O–H groups in total. The first-order valence-corrected chi connectivity index (χ1v) is 7.76. The van der Waals surface area contributed by atoms with E-state index in [4.69, 9.17) is 5.11 Å². The van der Waals surface area contributed by atoms with Crippen LogP contribution in [0.2, 0.25) is 0 Å². The van der Waals surface area contributed by atoms with Gasteiger partial charge in [-0.25, -0.2) is 0 Å². The van der Waals surface area contributed by atoms with Crippen LogP contribution in [0, 0.1) is 5.41 Å². The normalized spacial score (nSPS) is 22.8. The number of hydrogen-bond acceptors (Lipinski definition) is 2. The minimum absolute atomic E-state index is 0.131. The molecule has 3 rings (SSSR count). The van der Waals surface area contributed by atoms with E-state index in [0.717, 1.165) is 11.0 Å². The molecule has 2 saturated carbocycles. The van der Waals surface area contributed by atoms with Gasteiger partial charge in [0.15, 0.2) is 0 Å². The Bertz CT molecular complexity index is 396. The zero-order valence-electron chi connectivity index (χ0n) is 11.7. The van der Waals surface area contributed by atoms with E-state index in [2.05, 4.69) is 17.4 Å². The van der Waals surface area contributed by atoms with Crippen molar-refractivity contribution in [3.8, 4) is 0 Å². The fourth-order valence-electron chi connectivity index (χ4n) is 3.94. The van der Waals surface area contributed by atoms with Gasteiger partial charge < -0.3 is 10.4 Å². The first-order valence-electron chi connectivity index (χ1n) is 7.76. The molecule has 0 heterocycles. The Kier molecular flexibility index (Phi) is 3.79. The molecule has 2 fully saturated rings. The van der Waals surface area contributed by atoms with Gasteiger partial charge in [0.05, 0.1) is 6.61 Å². The van der Waals surface area contributed by atoms with Crippen LogP contribution in [0.1, 0.15) is 56.9 Å². The smallest absolute Gasteiger partial charge is 0.0681 e. The average Bonchev–Trinajstić information content (AvgIpc) is 2.91. The monoisotopic (exact) mass is 259 g/mol. The topological polar surface area (TPSA) is 32.3 Å². The van der Waals surface area contributed by atoms with Gasteiger partial charge in [0, 0.05) is 11.7 Å². The quantitative estimate of drug-likeness (QED) is 0.856. The molecule has 1 spiro atoms. The average molecular weight is 259 g/mol. The molecule has 19 heavy (non-hydrogen) atoms. The maximum Gasteiger partial charge on any atom is 0.0681 e. The Morgan fingerprint density at radius 2 is 1.63 bits per heavy atom. The largest absolute Gasteiger partial charge is 0.392 e. The number of aliphatic hydroxyl groups excluding tert-OH is 1. The second-order valence-corrected chi connectivity index (χ2v) is 6.48. The third-order valence-electron chi connectivity index (χ3n) is 5.22. The van der Waals surface area contributed by atoms with Crippen LogP contribution in [0.5, 0.6) is 0 Å². The van der Waals surface area contributed by atoms with Gasteiger partial charge in [-0.15, -0.1) is 0 Å². The van der Waals surface area contributed by atoms with Crippen molar-refractivity contribution in [1.29, 1.82) is 0 Å². The number of rotatable bonds is 3. The molecular formula is C17H25NO. The van der Waals surface area contributed by atoms with E-state index in [1.807, 2.05) is 12.1 Å². The Labute approximate surface area is 116 Å². The summed E-state index contributed by atoms with van der Waals surface area (Å²) in [6, 6.07) is 8.83. The number of hydrogen-bond donors (Lipinski definition) is 2. The summed E-state index contributed by atoms with van der Waals surface area (Å²) < 4.78 is 0. The molecule has 2 nitrogen and oxygen atoms in total. The lowest BCUT2D eigenvalue weighted by Crippen LogP contribution is -2.31. The van der Waals surface area contributed by atoms with Gasteiger partial charge in [0.2, 0.25) is 0 Å². The van der Waals surface area contributed by atoms with Gasteiger partial charge in [0.1, 0.15) is 0 Å². The van der Waals surface area contributed by atoms with Gasteiger partial charge in [0.25, 0.3) is 0 Å². The standard InChI is InChI=1S/C17H25NO/c19-13-14-3-5-15(6-4-14)18-16-7-11-17(12-8-16)9-1-2-10-17/h3-6,16,18-19H,1-2,7-13H2. The lowest BCUT2D eigenvalue weighted by Gasteiger charge is -2.37.